The molecule has 168 valence electrons. The number of amides is 1. The topological polar surface area (TPSA) is 66.5 Å². The van der Waals surface area contributed by atoms with E-state index in [1.165, 1.54) is 5.56 Å². The lowest BCUT2D eigenvalue weighted by molar-refractivity contribution is 0.1000. The number of carbonyl (C=O) groups excluding carboxylic acids is 1. The van der Waals surface area contributed by atoms with E-state index in [0.717, 1.165) is 52.4 Å². The first-order valence-electron chi connectivity index (χ1n) is 11.2. The second-order valence-corrected chi connectivity index (χ2v) is 9.50. The molecule has 5 nitrogen and oxygen atoms in total. The summed E-state index contributed by atoms with van der Waals surface area (Å²) in [7, 11) is 0. The Labute approximate surface area is 190 Å². The predicted octanol–water partition coefficient (Wildman–Crippen LogP) is 5.59. The highest BCUT2D eigenvalue weighted by molar-refractivity contribution is 6.02. The molecule has 0 saturated carbocycles. The Kier molecular flexibility index (Phi) is 5.76. The van der Waals surface area contributed by atoms with Crippen LogP contribution in [0.1, 0.15) is 67.0 Å². The van der Waals surface area contributed by atoms with Gasteiger partial charge in [-0.15, -0.1) is 0 Å². The molecule has 0 spiro atoms. The van der Waals surface area contributed by atoms with Gasteiger partial charge in [-0.05, 0) is 47.6 Å². The Balaban J connectivity index is 1.83. The van der Waals surface area contributed by atoms with Gasteiger partial charge in [0.2, 0.25) is 6.79 Å². The molecule has 0 aliphatic carbocycles. The second kappa shape index (κ2) is 8.38. The van der Waals surface area contributed by atoms with E-state index in [0.29, 0.717) is 12.1 Å². The average Bonchev–Trinajstić information content (AvgIpc) is 3.31. The lowest BCUT2D eigenvalue weighted by atomic mass is 9.86. The Morgan fingerprint density at radius 2 is 1.75 bits per heavy atom. The van der Waals surface area contributed by atoms with Gasteiger partial charge in [-0.1, -0.05) is 64.4 Å². The molecule has 1 aliphatic heterocycles. The van der Waals surface area contributed by atoms with Gasteiger partial charge >= 0.3 is 0 Å². The van der Waals surface area contributed by atoms with E-state index >= 15 is 0 Å². The van der Waals surface area contributed by atoms with Gasteiger partial charge in [-0.2, -0.15) is 0 Å². The lowest BCUT2D eigenvalue weighted by Gasteiger charge is -2.19. The maximum absolute atomic E-state index is 12.6. The van der Waals surface area contributed by atoms with Gasteiger partial charge in [-0.25, -0.2) is 0 Å². The van der Waals surface area contributed by atoms with Crippen LogP contribution in [0, 0.1) is 6.92 Å². The molecule has 0 bridgehead atoms. The lowest BCUT2D eigenvalue weighted by Crippen LogP contribution is -2.14. The highest BCUT2D eigenvalue weighted by Gasteiger charge is 2.25. The van der Waals surface area contributed by atoms with Crippen LogP contribution in [0.4, 0.5) is 0 Å². The summed E-state index contributed by atoms with van der Waals surface area (Å²) in [6, 6.07) is 14.5. The molecule has 4 rings (SSSR count). The molecule has 2 N–H and O–H groups in total. The van der Waals surface area contributed by atoms with Crippen LogP contribution in [0.25, 0.3) is 11.1 Å². The van der Waals surface area contributed by atoms with Crippen molar-refractivity contribution in [1.82, 2.24) is 4.57 Å². The third kappa shape index (κ3) is 3.99. The summed E-state index contributed by atoms with van der Waals surface area (Å²) in [5.74, 6) is 1.14. The molecule has 5 heteroatoms. The first kappa shape index (κ1) is 22.0. The summed E-state index contributed by atoms with van der Waals surface area (Å²) in [4.78, 5) is 12.6. The highest BCUT2D eigenvalue weighted by atomic mass is 16.7. The average molecular weight is 433 g/mol. The Morgan fingerprint density at radius 3 is 2.38 bits per heavy atom. The zero-order valence-electron chi connectivity index (χ0n) is 19.6. The smallest absolute Gasteiger partial charge is 0.251 e. The number of nitrogens with two attached hydrogens (primary N) is 1. The van der Waals surface area contributed by atoms with Crippen molar-refractivity contribution in [3.8, 4) is 22.6 Å². The van der Waals surface area contributed by atoms with Crippen LogP contribution in [0.15, 0.2) is 42.5 Å². The van der Waals surface area contributed by atoms with Gasteiger partial charge < -0.3 is 19.8 Å². The number of ether oxygens (including phenoxy) is 2. The monoisotopic (exact) mass is 432 g/mol. The zero-order valence-corrected chi connectivity index (χ0v) is 19.6. The first-order valence-corrected chi connectivity index (χ1v) is 11.2. The third-order valence-corrected chi connectivity index (χ3v) is 6.18. The van der Waals surface area contributed by atoms with Crippen LogP contribution in [0.3, 0.4) is 0 Å². The van der Waals surface area contributed by atoms with Crippen molar-refractivity contribution in [2.45, 2.75) is 59.4 Å². The summed E-state index contributed by atoms with van der Waals surface area (Å²) in [6.07, 6.45) is 1.82. The van der Waals surface area contributed by atoms with Crippen LogP contribution in [0.5, 0.6) is 11.5 Å². The molecule has 1 amide bonds. The molecule has 32 heavy (non-hydrogen) atoms. The largest absolute Gasteiger partial charge is 0.454 e. The number of benzene rings is 2. The van der Waals surface area contributed by atoms with Crippen molar-refractivity contribution in [1.29, 1.82) is 0 Å². The first-order chi connectivity index (χ1) is 15.2. The summed E-state index contributed by atoms with van der Waals surface area (Å²) < 4.78 is 13.2. The standard InChI is InChI=1S/C27H32N2O3/c1-6-7-21-25(19-9-11-20(12-10-19)27(3,4)5)24(26(28)30)17(2)29(21)15-18-8-13-22-23(14-18)32-16-31-22/h8-14H,6-7,15-16H2,1-5H3,(H2,28,30). The molecule has 0 fully saturated rings. The number of hydrogen-bond acceptors (Lipinski definition) is 3. The molecule has 1 aromatic heterocycles. The molecule has 0 unspecified atom stereocenters. The van der Waals surface area contributed by atoms with Crippen LogP contribution < -0.4 is 15.2 Å². The van der Waals surface area contributed by atoms with E-state index in [1.54, 1.807) is 0 Å². The molecule has 0 atom stereocenters. The minimum Gasteiger partial charge on any atom is -0.454 e. The van der Waals surface area contributed by atoms with Crippen molar-refractivity contribution in [3.05, 3.63) is 70.5 Å². The minimum absolute atomic E-state index is 0.0680. The molecule has 1 aliphatic rings. The Hall–Kier alpha value is -3.21. The van der Waals surface area contributed by atoms with Crippen LogP contribution in [-0.4, -0.2) is 17.3 Å². The van der Waals surface area contributed by atoms with Crippen molar-refractivity contribution in [2.75, 3.05) is 6.79 Å². The number of carbonyl (C=O) groups is 1. The number of rotatable bonds is 6. The number of hydrogen-bond donors (Lipinski definition) is 1. The van der Waals surface area contributed by atoms with Gasteiger partial charge in [0.15, 0.2) is 11.5 Å². The second-order valence-electron chi connectivity index (χ2n) is 9.50. The molecule has 2 aromatic carbocycles. The third-order valence-electron chi connectivity index (χ3n) is 6.18. The fourth-order valence-corrected chi connectivity index (χ4v) is 4.48. The van der Waals surface area contributed by atoms with Crippen LogP contribution in [-0.2, 0) is 18.4 Å². The van der Waals surface area contributed by atoms with E-state index in [9.17, 15) is 4.79 Å². The molecular formula is C27H32N2O3. The van der Waals surface area contributed by atoms with Crippen molar-refractivity contribution in [3.63, 3.8) is 0 Å². The minimum atomic E-state index is -0.390. The van der Waals surface area contributed by atoms with Gasteiger partial charge in [0.25, 0.3) is 5.91 Å². The van der Waals surface area contributed by atoms with E-state index in [2.05, 4.69) is 56.5 Å². The van der Waals surface area contributed by atoms with E-state index in [4.69, 9.17) is 15.2 Å². The van der Waals surface area contributed by atoms with E-state index in [1.807, 2.05) is 25.1 Å². The molecular weight excluding hydrogens is 400 g/mol. The maximum atomic E-state index is 12.6. The van der Waals surface area contributed by atoms with Crippen LogP contribution >= 0.6 is 0 Å². The van der Waals surface area contributed by atoms with Gasteiger partial charge in [-0.3, -0.25) is 4.79 Å². The van der Waals surface area contributed by atoms with Gasteiger partial charge in [0, 0.05) is 23.5 Å². The number of primary amides is 1. The van der Waals surface area contributed by atoms with E-state index < -0.39 is 0 Å². The van der Waals surface area contributed by atoms with Crippen LogP contribution in [0.2, 0.25) is 0 Å². The van der Waals surface area contributed by atoms with Gasteiger partial charge in [0.05, 0.1) is 5.56 Å². The summed E-state index contributed by atoms with van der Waals surface area (Å²) >= 11 is 0. The SMILES string of the molecule is CCCc1c(-c2ccc(C(C)(C)C)cc2)c(C(N)=O)c(C)n1Cc1ccc2c(c1)OCO2. The maximum Gasteiger partial charge on any atom is 0.251 e. The summed E-state index contributed by atoms with van der Waals surface area (Å²) in [5, 5.41) is 0. The zero-order chi connectivity index (χ0) is 23.0. The van der Waals surface area contributed by atoms with E-state index in [-0.39, 0.29) is 18.1 Å². The van der Waals surface area contributed by atoms with Crippen molar-refractivity contribution >= 4 is 5.91 Å². The quantitative estimate of drug-likeness (QED) is 0.552. The van der Waals surface area contributed by atoms with Crippen molar-refractivity contribution < 1.29 is 14.3 Å². The normalized spacial score (nSPS) is 12.9. The molecule has 3 aromatic rings. The van der Waals surface area contributed by atoms with Crippen molar-refractivity contribution in [2.24, 2.45) is 5.73 Å². The number of fused-ring (bicyclic) bond motifs is 1. The summed E-state index contributed by atoms with van der Waals surface area (Å²) in [5.41, 5.74) is 13.0. The van der Waals surface area contributed by atoms with Gasteiger partial charge in [0.1, 0.15) is 0 Å². The number of nitrogens with zero attached hydrogens (tertiary/aromatic N) is 1. The fraction of sp³-hybridized carbons (Fsp3) is 0.370. The molecule has 0 saturated heterocycles. The summed E-state index contributed by atoms with van der Waals surface area (Å²) in [6.45, 7) is 11.6. The Morgan fingerprint density at radius 1 is 1.06 bits per heavy atom. The fourth-order valence-electron chi connectivity index (χ4n) is 4.48. The number of aromatic nitrogens is 1. The Bertz CT molecular complexity index is 1150. The molecule has 0 radical (unpaired) electrons. The predicted molar refractivity (Wildman–Crippen MR) is 127 cm³/mol. The highest BCUT2D eigenvalue weighted by Crippen LogP contribution is 2.37. The molecule has 2 heterocycles.